The molecule has 4 heteroatoms. The molecular weight excluding hydrogens is 424 g/mol. The number of nitriles is 1. The van der Waals surface area contributed by atoms with Gasteiger partial charge in [-0.15, -0.1) is 0 Å². The predicted molar refractivity (Wildman–Crippen MR) is 122 cm³/mol. The lowest BCUT2D eigenvalue weighted by Gasteiger charge is -2.31. The number of ether oxygens (including phenoxy) is 1. The van der Waals surface area contributed by atoms with Crippen LogP contribution in [-0.2, 0) is 0 Å². The second kappa shape index (κ2) is 8.71. The number of rotatable bonds is 4. The molecule has 29 heavy (non-hydrogen) atoms. The third-order valence-corrected chi connectivity index (χ3v) is 6.02. The topological polar surface area (TPSA) is 36.3 Å². The molecule has 0 saturated carbocycles. The Bertz CT molecular complexity index is 1030. The minimum atomic E-state index is 0.691. The first-order valence-corrected chi connectivity index (χ1v) is 10.7. The highest BCUT2D eigenvalue weighted by molar-refractivity contribution is 9.10. The zero-order chi connectivity index (χ0) is 20.2. The molecular formula is C25H23BrN2O. The number of nitrogens with zero attached hydrogens (tertiary/aromatic N) is 2. The van der Waals surface area contributed by atoms with Crippen molar-refractivity contribution in [3.8, 4) is 34.1 Å². The van der Waals surface area contributed by atoms with E-state index in [0.717, 1.165) is 64.1 Å². The van der Waals surface area contributed by atoms with Gasteiger partial charge in [0.15, 0.2) is 0 Å². The molecule has 0 radical (unpaired) electrons. The summed E-state index contributed by atoms with van der Waals surface area (Å²) >= 11 is 3.52. The molecule has 0 atom stereocenters. The third kappa shape index (κ3) is 3.88. The van der Waals surface area contributed by atoms with Gasteiger partial charge < -0.3 is 9.64 Å². The Hall–Kier alpha value is -2.77. The van der Waals surface area contributed by atoms with Crippen molar-refractivity contribution < 1.29 is 4.74 Å². The van der Waals surface area contributed by atoms with E-state index in [1.807, 2.05) is 42.5 Å². The molecule has 0 amide bonds. The maximum absolute atomic E-state index is 10.2. The second-order valence-corrected chi connectivity index (χ2v) is 8.17. The summed E-state index contributed by atoms with van der Waals surface area (Å²) in [5.41, 5.74) is 5.65. The highest BCUT2D eigenvalue weighted by atomic mass is 79.9. The van der Waals surface area contributed by atoms with Gasteiger partial charge in [-0.1, -0.05) is 58.4 Å². The van der Waals surface area contributed by atoms with Crippen LogP contribution in [0.1, 0.15) is 24.8 Å². The van der Waals surface area contributed by atoms with Crippen LogP contribution in [0.2, 0.25) is 0 Å². The molecule has 1 aliphatic rings. The summed E-state index contributed by atoms with van der Waals surface area (Å²) in [6.45, 7) is 1.96. The van der Waals surface area contributed by atoms with E-state index in [4.69, 9.17) is 4.74 Å². The van der Waals surface area contributed by atoms with Gasteiger partial charge in [0.05, 0.1) is 18.4 Å². The smallest absolute Gasteiger partial charge is 0.135 e. The summed E-state index contributed by atoms with van der Waals surface area (Å²) in [6, 6.07) is 23.0. The Labute approximate surface area is 180 Å². The molecule has 0 bridgehead atoms. The van der Waals surface area contributed by atoms with Crippen molar-refractivity contribution in [3.63, 3.8) is 0 Å². The first kappa shape index (κ1) is 19.5. The van der Waals surface area contributed by atoms with E-state index in [0.29, 0.717) is 5.56 Å². The van der Waals surface area contributed by atoms with Gasteiger partial charge in [0.2, 0.25) is 0 Å². The zero-order valence-corrected chi connectivity index (χ0v) is 18.1. The van der Waals surface area contributed by atoms with Crippen molar-refractivity contribution in [1.82, 2.24) is 0 Å². The van der Waals surface area contributed by atoms with E-state index >= 15 is 0 Å². The minimum Gasteiger partial charge on any atom is -0.495 e. The molecule has 0 aromatic heterocycles. The van der Waals surface area contributed by atoms with Crippen LogP contribution in [0.4, 0.5) is 5.69 Å². The fraction of sp³-hybridized carbons (Fsp3) is 0.240. The van der Waals surface area contributed by atoms with Gasteiger partial charge in [-0.25, -0.2) is 0 Å². The molecule has 1 fully saturated rings. The van der Waals surface area contributed by atoms with Crippen molar-refractivity contribution in [2.45, 2.75) is 19.3 Å². The monoisotopic (exact) mass is 446 g/mol. The second-order valence-electron chi connectivity index (χ2n) is 7.26. The summed E-state index contributed by atoms with van der Waals surface area (Å²) in [4.78, 5) is 2.36. The van der Waals surface area contributed by atoms with Gasteiger partial charge in [-0.3, -0.25) is 0 Å². The summed E-state index contributed by atoms with van der Waals surface area (Å²) in [7, 11) is 1.69. The molecule has 3 nitrogen and oxygen atoms in total. The van der Waals surface area contributed by atoms with Gasteiger partial charge in [-0.05, 0) is 48.6 Å². The van der Waals surface area contributed by atoms with Crippen molar-refractivity contribution in [3.05, 3.63) is 70.7 Å². The van der Waals surface area contributed by atoms with Crippen molar-refractivity contribution in [2.75, 3.05) is 25.1 Å². The molecule has 0 N–H and O–H groups in total. The van der Waals surface area contributed by atoms with Crippen LogP contribution >= 0.6 is 15.9 Å². The lowest BCUT2D eigenvalue weighted by Crippen LogP contribution is -2.30. The van der Waals surface area contributed by atoms with Gasteiger partial charge >= 0.3 is 0 Å². The van der Waals surface area contributed by atoms with Crippen LogP contribution in [0.25, 0.3) is 22.3 Å². The fourth-order valence-electron chi connectivity index (χ4n) is 4.08. The summed E-state index contributed by atoms with van der Waals surface area (Å²) in [6.07, 6.45) is 3.57. The Morgan fingerprint density at radius 1 is 0.931 bits per heavy atom. The number of halogens is 1. The molecule has 4 rings (SSSR count). The first-order valence-electron chi connectivity index (χ1n) is 9.94. The number of hydrogen-bond acceptors (Lipinski definition) is 3. The quantitative estimate of drug-likeness (QED) is 0.449. The molecule has 1 aliphatic heterocycles. The van der Waals surface area contributed by atoms with E-state index in [1.54, 1.807) is 7.11 Å². The SMILES string of the molecule is COc1c(-c2ccc(Br)cc2)cc(N2CCCCC2)c(C#N)c1-c1ccccc1. The number of benzene rings is 3. The van der Waals surface area contributed by atoms with Crippen LogP contribution in [0.5, 0.6) is 5.75 Å². The van der Waals surface area contributed by atoms with Crippen molar-refractivity contribution in [2.24, 2.45) is 0 Å². The van der Waals surface area contributed by atoms with Crippen LogP contribution in [0.3, 0.4) is 0 Å². The van der Waals surface area contributed by atoms with Crippen LogP contribution in [0, 0.1) is 11.3 Å². The summed E-state index contributed by atoms with van der Waals surface area (Å²) in [5.74, 6) is 0.746. The van der Waals surface area contributed by atoms with Gasteiger partial charge in [-0.2, -0.15) is 5.26 Å². The lowest BCUT2D eigenvalue weighted by atomic mass is 9.91. The van der Waals surface area contributed by atoms with E-state index in [2.05, 4.69) is 45.1 Å². The molecule has 0 aliphatic carbocycles. The molecule has 146 valence electrons. The van der Waals surface area contributed by atoms with E-state index < -0.39 is 0 Å². The van der Waals surface area contributed by atoms with Crippen LogP contribution < -0.4 is 9.64 Å². The largest absolute Gasteiger partial charge is 0.495 e. The minimum absolute atomic E-state index is 0.691. The highest BCUT2D eigenvalue weighted by Gasteiger charge is 2.24. The molecule has 0 spiro atoms. The summed E-state index contributed by atoms with van der Waals surface area (Å²) < 4.78 is 6.95. The average molecular weight is 447 g/mol. The lowest BCUT2D eigenvalue weighted by molar-refractivity contribution is 0.418. The Morgan fingerprint density at radius 2 is 1.62 bits per heavy atom. The highest BCUT2D eigenvalue weighted by Crippen LogP contribution is 2.46. The average Bonchev–Trinajstić information content (AvgIpc) is 2.79. The number of methoxy groups -OCH3 is 1. The standard InChI is InChI=1S/C25H23BrN2O/c1-29-25-21(18-10-12-20(26)13-11-18)16-23(28-14-6-3-7-15-28)22(17-27)24(25)19-8-4-2-5-9-19/h2,4-5,8-13,16H,3,6-7,14-15H2,1H3. The fourth-order valence-corrected chi connectivity index (χ4v) is 4.35. The molecule has 1 saturated heterocycles. The van der Waals surface area contributed by atoms with E-state index in [1.165, 1.54) is 6.42 Å². The number of anilines is 1. The number of hydrogen-bond donors (Lipinski definition) is 0. The van der Waals surface area contributed by atoms with Crippen molar-refractivity contribution >= 4 is 21.6 Å². The van der Waals surface area contributed by atoms with Crippen LogP contribution in [-0.4, -0.2) is 20.2 Å². The maximum Gasteiger partial charge on any atom is 0.135 e. The van der Waals surface area contributed by atoms with E-state index in [9.17, 15) is 5.26 Å². The van der Waals surface area contributed by atoms with Gasteiger partial charge in [0, 0.05) is 28.7 Å². The molecule has 1 heterocycles. The van der Waals surface area contributed by atoms with Gasteiger partial charge in [0.1, 0.15) is 11.8 Å². The number of piperidine rings is 1. The third-order valence-electron chi connectivity index (χ3n) is 5.49. The molecule has 0 unspecified atom stereocenters. The van der Waals surface area contributed by atoms with E-state index in [-0.39, 0.29) is 0 Å². The summed E-state index contributed by atoms with van der Waals surface area (Å²) in [5, 5.41) is 10.2. The molecule has 3 aromatic rings. The Kier molecular flexibility index (Phi) is 5.87. The Morgan fingerprint density at radius 3 is 2.24 bits per heavy atom. The van der Waals surface area contributed by atoms with Crippen LogP contribution in [0.15, 0.2) is 65.1 Å². The Balaban J connectivity index is 2.02. The molecule has 3 aromatic carbocycles. The predicted octanol–water partition coefficient (Wildman–Crippen LogP) is 6.65. The maximum atomic E-state index is 10.2. The first-order chi connectivity index (χ1) is 14.2. The zero-order valence-electron chi connectivity index (χ0n) is 16.5. The van der Waals surface area contributed by atoms with Gasteiger partial charge in [0.25, 0.3) is 0 Å². The normalized spacial score (nSPS) is 13.8. The van der Waals surface area contributed by atoms with Crippen molar-refractivity contribution in [1.29, 1.82) is 5.26 Å².